The molecule has 0 aliphatic carbocycles. The van der Waals surface area contributed by atoms with Gasteiger partial charge in [0.15, 0.2) is 5.69 Å². The average Bonchev–Trinajstić information content (AvgIpc) is 3.05. The van der Waals surface area contributed by atoms with Crippen LogP contribution >= 0.6 is 0 Å². The van der Waals surface area contributed by atoms with Crippen molar-refractivity contribution in [2.24, 2.45) is 5.41 Å². The number of nitrogens with one attached hydrogen (secondary N) is 1. The molecule has 1 N–H and O–H groups in total. The van der Waals surface area contributed by atoms with Crippen molar-refractivity contribution in [2.45, 2.75) is 45.8 Å². The molecule has 146 valence electrons. The Hall–Kier alpha value is -2.15. The van der Waals surface area contributed by atoms with E-state index in [0.29, 0.717) is 23.6 Å². The number of aromatic amines is 1. The van der Waals surface area contributed by atoms with Crippen molar-refractivity contribution in [1.82, 2.24) is 14.9 Å². The summed E-state index contributed by atoms with van der Waals surface area (Å²) in [4.78, 5) is 20.2. The maximum absolute atomic E-state index is 13.0. The van der Waals surface area contributed by atoms with Crippen molar-refractivity contribution in [2.75, 3.05) is 13.1 Å². The minimum Gasteiger partial charge on any atom is -0.306 e. The van der Waals surface area contributed by atoms with Crippen molar-refractivity contribution in [3.8, 4) is 11.4 Å². The van der Waals surface area contributed by atoms with Crippen LogP contribution in [0.15, 0.2) is 35.1 Å². The zero-order chi connectivity index (χ0) is 19.7. The lowest BCUT2D eigenvalue weighted by atomic mass is 9.82. The lowest BCUT2D eigenvalue weighted by molar-refractivity contribution is -0.141. The maximum atomic E-state index is 13.0. The van der Waals surface area contributed by atoms with Crippen molar-refractivity contribution in [3.05, 3.63) is 51.9 Å². The van der Waals surface area contributed by atoms with Crippen molar-refractivity contribution < 1.29 is 13.2 Å². The van der Waals surface area contributed by atoms with Crippen LogP contribution in [0.4, 0.5) is 13.2 Å². The summed E-state index contributed by atoms with van der Waals surface area (Å²) in [5.74, 6) is -0.0399. The third-order valence-electron chi connectivity index (χ3n) is 5.72. The summed E-state index contributed by atoms with van der Waals surface area (Å²) in [6.07, 6.45) is -1.30. The Morgan fingerprint density at radius 3 is 2.56 bits per heavy atom. The summed E-state index contributed by atoms with van der Waals surface area (Å²) < 4.78 is 39.1. The standard InChI is InChI=1S/C20H24F3N3O/c1-3-19(4-2)9-10-26(13-19)12-14-7-5-6-8-15(14)18-24-16(20(21,22)23)11-17(27)25-18/h5-8,11H,3-4,9-10,12-13H2,1-2H3,(H,24,25,27). The molecular weight excluding hydrogens is 355 g/mol. The van der Waals surface area contributed by atoms with Crippen LogP contribution in [-0.4, -0.2) is 28.0 Å². The first kappa shape index (κ1) is 19.6. The molecule has 0 unspecified atom stereocenters. The van der Waals surface area contributed by atoms with Crippen LogP contribution in [0.3, 0.4) is 0 Å². The molecule has 1 aliphatic rings. The van der Waals surface area contributed by atoms with Crippen LogP contribution in [0, 0.1) is 5.41 Å². The van der Waals surface area contributed by atoms with Gasteiger partial charge in [-0.2, -0.15) is 13.2 Å². The Morgan fingerprint density at radius 2 is 1.93 bits per heavy atom. The van der Waals surface area contributed by atoms with Crippen LogP contribution in [-0.2, 0) is 12.7 Å². The van der Waals surface area contributed by atoms with Gasteiger partial charge in [-0.05, 0) is 36.8 Å². The molecule has 0 spiro atoms. The Balaban J connectivity index is 1.92. The molecule has 0 amide bonds. The lowest BCUT2D eigenvalue weighted by Gasteiger charge is -2.26. The normalized spacial score (nSPS) is 17.4. The van der Waals surface area contributed by atoms with Crippen molar-refractivity contribution in [3.63, 3.8) is 0 Å². The summed E-state index contributed by atoms with van der Waals surface area (Å²) in [5.41, 5.74) is -0.265. The van der Waals surface area contributed by atoms with Gasteiger partial charge in [0.05, 0.1) is 0 Å². The third-order valence-corrected chi connectivity index (χ3v) is 5.72. The highest BCUT2D eigenvalue weighted by Gasteiger charge is 2.35. The monoisotopic (exact) mass is 379 g/mol. The second-order valence-corrected chi connectivity index (χ2v) is 7.30. The van der Waals surface area contributed by atoms with E-state index in [1.165, 1.54) is 0 Å². The van der Waals surface area contributed by atoms with Crippen LogP contribution in [0.2, 0.25) is 0 Å². The first-order valence-corrected chi connectivity index (χ1v) is 9.25. The Kier molecular flexibility index (Phi) is 5.42. The Morgan fingerprint density at radius 1 is 1.22 bits per heavy atom. The summed E-state index contributed by atoms with van der Waals surface area (Å²) in [5, 5.41) is 0. The zero-order valence-electron chi connectivity index (χ0n) is 15.6. The number of H-pyrrole nitrogens is 1. The van der Waals surface area contributed by atoms with Crippen molar-refractivity contribution >= 4 is 0 Å². The summed E-state index contributed by atoms with van der Waals surface area (Å²) in [6, 6.07) is 7.67. The molecule has 4 nitrogen and oxygen atoms in total. The smallest absolute Gasteiger partial charge is 0.306 e. The largest absolute Gasteiger partial charge is 0.433 e. The predicted octanol–water partition coefficient (Wildman–Crippen LogP) is 4.47. The highest BCUT2D eigenvalue weighted by molar-refractivity contribution is 5.60. The molecule has 3 rings (SSSR count). The predicted molar refractivity (Wildman–Crippen MR) is 98.2 cm³/mol. The number of aromatic nitrogens is 2. The van der Waals surface area contributed by atoms with E-state index in [-0.39, 0.29) is 5.82 Å². The lowest BCUT2D eigenvalue weighted by Crippen LogP contribution is -2.26. The van der Waals surface area contributed by atoms with Gasteiger partial charge in [0.25, 0.3) is 5.56 Å². The highest BCUT2D eigenvalue weighted by atomic mass is 19.4. The average molecular weight is 379 g/mol. The molecule has 2 aromatic rings. The molecule has 7 heteroatoms. The SMILES string of the molecule is CCC1(CC)CCN(Cc2ccccc2-c2nc(C(F)(F)F)cc(=O)[nH]2)C1. The fourth-order valence-electron chi connectivity index (χ4n) is 3.85. The molecule has 2 heterocycles. The minimum absolute atomic E-state index is 0.0399. The fourth-order valence-corrected chi connectivity index (χ4v) is 3.85. The number of benzene rings is 1. The Labute approximate surface area is 156 Å². The van der Waals surface area contributed by atoms with Crippen LogP contribution in [0.1, 0.15) is 44.4 Å². The number of alkyl halides is 3. The molecule has 1 saturated heterocycles. The van der Waals surface area contributed by atoms with E-state index in [2.05, 4.69) is 28.7 Å². The van der Waals surface area contributed by atoms with Gasteiger partial charge in [0.2, 0.25) is 0 Å². The number of likely N-dealkylation sites (tertiary alicyclic amines) is 1. The van der Waals surface area contributed by atoms with Gasteiger partial charge in [-0.25, -0.2) is 4.98 Å². The van der Waals surface area contributed by atoms with E-state index in [0.717, 1.165) is 37.9 Å². The van der Waals surface area contributed by atoms with E-state index < -0.39 is 17.4 Å². The van der Waals surface area contributed by atoms with Crippen LogP contribution < -0.4 is 5.56 Å². The molecule has 1 aliphatic heterocycles. The molecule has 0 radical (unpaired) electrons. The van der Waals surface area contributed by atoms with Crippen LogP contribution in [0.25, 0.3) is 11.4 Å². The first-order valence-electron chi connectivity index (χ1n) is 9.25. The van der Waals surface area contributed by atoms with Crippen molar-refractivity contribution in [1.29, 1.82) is 0 Å². The quantitative estimate of drug-likeness (QED) is 0.834. The van der Waals surface area contributed by atoms with Gasteiger partial charge in [-0.3, -0.25) is 9.69 Å². The van der Waals surface area contributed by atoms with E-state index in [1.807, 2.05) is 12.1 Å². The number of halogens is 3. The van der Waals surface area contributed by atoms with E-state index in [4.69, 9.17) is 0 Å². The van der Waals surface area contributed by atoms with E-state index >= 15 is 0 Å². The van der Waals surface area contributed by atoms with E-state index in [9.17, 15) is 18.0 Å². The fraction of sp³-hybridized carbons (Fsp3) is 0.500. The number of rotatable bonds is 5. The summed E-state index contributed by atoms with van der Waals surface area (Å²) in [6.45, 7) is 6.97. The Bertz CT molecular complexity index is 856. The maximum Gasteiger partial charge on any atom is 0.433 e. The molecule has 1 aromatic carbocycles. The number of hydrogen-bond donors (Lipinski definition) is 1. The summed E-state index contributed by atoms with van der Waals surface area (Å²) >= 11 is 0. The molecule has 1 fully saturated rings. The number of nitrogens with zero attached hydrogens (tertiary/aromatic N) is 2. The first-order chi connectivity index (χ1) is 12.8. The topological polar surface area (TPSA) is 49.0 Å². The molecule has 1 aromatic heterocycles. The summed E-state index contributed by atoms with van der Waals surface area (Å²) in [7, 11) is 0. The minimum atomic E-state index is -4.66. The molecule has 0 bridgehead atoms. The third kappa shape index (κ3) is 4.24. The van der Waals surface area contributed by atoms with Gasteiger partial charge in [0.1, 0.15) is 5.82 Å². The molecule has 0 saturated carbocycles. The second-order valence-electron chi connectivity index (χ2n) is 7.30. The van der Waals surface area contributed by atoms with Gasteiger partial charge in [0, 0.05) is 24.7 Å². The second kappa shape index (κ2) is 7.46. The number of hydrogen-bond acceptors (Lipinski definition) is 3. The van der Waals surface area contributed by atoms with Gasteiger partial charge in [-0.1, -0.05) is 38.1 Å². The van der Waals surface area contributed by atoms with Crippen LogP contribution in [0.5, 0.6) is 0 Å². The molecular formula is C20H24F3N3O. The van der Waals surface area contributed by atoms with Gasteiger partial charge in [-0.15, -0.1) is 0 Å². The van der Waals surface area contributed by atoms with E-state index in [1.54, 1.807) is 12.1 Å². The highest BCUT2D eigenvalue weighted by Crippen LogP contribution is 2.38. The molecule has 27 heavy (non-hydrogen) atoms. The zero-order valence-corrected chi connectivity index (χ0v) is 15.6. The van der Waals surface area contributed by atoms with Gasteiger partial charge < -0.3 is 4.98 Å². The molecule has 0 atom stereocenters. The van der Waals surface area contributed by atoms with Gasteiger partial charge >= 0.3 is 6.18 Å².